The molecule has 0 bridgehead atoms. The number of nitrogens with one attached hydrogen (secondary N) is 1. The van der Waals surface area contributed by atoms with E-state index in [1.165, 1.54) is 6.07 Å². The van der Waals surface area contributed by atoms with Crippen LogP contribution in [0, 0.1) is 5.82 Å². The fourth-order valence-corrected chi connectivity index (χ4v) is 3.38. The van der Waals surface area contributed by atoms with Crippen LogP contribution in [0.2, 0.25) is 0 Å². The van der Waals surface area contributed by atoms with Crippen molar-refractivity contribution < 1.29 is 28.0 Å². The molecule has 1 atom stereocenters. The number of hydrogen-bond acceptors (Lipinski definition) is 6. The van der Waals surface area contributed by atoms with Gasteiger partial charge in [0, 0.05) is 5.56 Å². The summed E-state index contributed by atoms with van der Waals surface area (Å²) in [5, 5.41) is 0. The summed E-state index contributed by atoms with van der Waals surface area (Å²) >= 11 is -1.91. The van der Waals surface area contributed by atoms with Gasteiger partial charge in [-0.3, -0.25) is 9.59 Å². The number of amides is 1. The monoisotopic (exact) mass is 378 g/mol. The van der Waals surface area contributed by atoms with Crippen LogP contribution in [0.5, 0.6) is 11.5 Å². The summed E-state index contributed by atoms with van der Waals surface area (Å²) in [5.41, 5.74) is 0.714. The lowest BCUT2D eigenvalue weighted by Crippen LogP contribution is -2.30. The first kappa shape index (κ1) is 18.0. The molecule has 0 radical (unpaired) electrons. The largest absolute Gasteiger partial charge is 0.568 e. The molecule has 1 fully saturated rings. The van der Waals surface area contributed by atoms with Crippen molar-refractivity contribution in [2.75, 3.05) is 18.0 Å². The Balaban J connectivity index is 1.89. The average Bonchev–Trinajstić information content (AvgIpc) is 2.97. The molecule has 2 aromatic carbocycles. The maximum Gasteiger partial charge on any atom is 0.287 e. The molecule has 136 valence electrons. The third-order valence-electron chi connectivity index (χ3n) is 3.68. The molecule has 1 N–H and O–H groups in total. The lowest BCUT2D eigenvalue weighted by atomic mass is 10.2. The summed E-state index contributed by atoms with van der Waals surface area (Å²) in [6.45, 7) is -0.191. The minimum Gasteiger partial charge on any atom is -0.568 e. The quantitative estimate of drug-likeness (QED) is 0.608. The van der Waals surface area contributed by atoms with E-state index in [4.69, 9.17) is 9.47 Å². The van der Waals surface area contributed by atoms with Gasteiger partial charge in [0.25, 0.3) is 5.91 Å². The van der Waals surface area contributed by atoms with Crippen LogP contribution in [0.15, 0.2) is 36.4 Å². The Morgan fingerprint density at radius 2 is 2.08 bits per heavy atom. The molecule has 1 unspecified atom stereocenters. The van der Waals surface area contributed by atoms with Crippen molar-refractivity contribution in [1.82, 2.24) is 4.72 Å². The molecule has 0 spiro atoms. The number of carbonyl (C=O) groups excluding carboxylic acids is 2. The van der Waals surface area contributed by atoms with E-state index in [-0.39, 0.29) is 30.2 Å². The SMILES string of the molecule is COc1ccc(COc2cc(C=O)cc(F)c2N2CC(=O)N[S+]2[O-])cc1. The summed E-state index contributed by atoms with van der Waals surface area (Å²) in [5.74, 6) is -0.597. The molecule has 0 aliphatic carbocycles. The van der Waals surface area contributed by atoms with Gasteiger partial charge in [-0.15, -0.1) is 4.72 Å². The fourth-order valence-electron chi connectivity index (χ4n) is 2.43. The van der Waals surface area contributed by atoms with Crippen LogP contribution < -0.4 is 18.5 Å². The standard InChI is InChI=1S/C17H15FN2O5S/c1-24-13-4-2-11(3-5-13)10-25-15-7-12(9-21)6-14(18)17(15)20-8-16(22)19-26(20)23/h2-7,9H,8,10H2,1H3,(H,19,22). The first-order valence-corrected chi connectivity index (χ1v) is 8.66. The second kappa shape index (κ2) is 7.63. The molecule has 1 saturated heterocycles. The lowest BCUT2D eigenvalue weighted by Gasteiger charge is -2.20. The molecular weight excluding hydrogens is 363 g/mol. The first-order chi connectivity index (χ1) is 12.5. The molecule has 3 rings (SSSR count). The van der Waals surface area contributed by atoms with Gasteiger partial charge in [-0.25, -0.2) is 4.39 Å². The van der Waals surface area contributed by atoms with E-state index in [1.807, 2.05) is 0 Å². The second-order valence-corrected chi connectivity index (χ2v) is 6.56. The highest BCUT2D eigenvalue weighted by Gasteiger charge is 2.38. The van der Waals surface area contributed by atoms with Crippen molar-refractivity contribution in [3.8, 4) is 11.5 Å². The van der Waals surface area contributed by atoms with Crippen molar-refractivity contribution in [3.63, 3.8) is 0 Å². The Labute approximate surface area is 152 Å². The van der Waals surface area contributed by atoms with Crippen molar-refractivity contribution in [2.45, 2.75) is 6.61 Å². The average molecular weight is 378 g/mol. The van der Waals surface area contributed by atoms with Crippen molar-refractivity contribution >= 4 is 29.4 Å². The number of hydrogen-bond donors (Lipinski definition) is 1. The molecule has 1 heterocycles. The van der Waals surface area contributed by atoms with E-state index in [0.29, 0.717) is 12.0 Å². The molecule has 0 aromatic heterocycles. The van der Waals surface area contributed by atoms with Gasteiger partial charge in [0.1, 0.15) is 18.6 Å². The van der Waals surface area contributed by atoms with E-state index in [2.05, 4.69) is 4.72 Å². The van der Waals surface area contributed by atoms with E-state index >= 15 is 0 Å². The van der Waals surface area contributed by atoms with Crippen LogP contribution in [0.1, 0.15) is 15.9 Å². The van der Waals surface area contributed by atoms with Crippen molar-refractivity contribution in [1.29, 1.82) is 0 Å². The Kier molecular flexibility index (Phi) is 5.29. The number of anilines is 1. The topological polar surface area (TPSA) is 90.9 Å². The van der Waals surface area contributed by atoms with Crippen molar-refractivity contribution in [2.24, 2.45) is 0 Å². The van der Waals surface area contributed by atoms with Crippen LogP contribution >= 0.6 is 0 Å². The highest BCUT2D eigenvalue weighted by molar-refractivity contribution is 7.92. The van der Waals surface area contributed by atoms with Crippen LogP contribution in [0.25, 0.3) is 0 Å². The van der Waals surface area contributed by atoms with Gasteiger partial charge < -0.3 is 14.0 Å². The zero-order valence-corrected chi connectivity index (χ0v) is 14.5. The van der Waals surface area contributed by atoms with E-state index in [1.54, 1.807) is 31.4 Å². The van der Waals surface area contributed by atoms with Crippen LogP contribution in [0.3, 0.4) is 0 Å². The number of rotatable bonds is 6. The minimum atomic E-state index is -1.91. The van der Waals surface area contributed by atoms with Crippen LogP contribution in [0.4, 0.5) is 10.1 Å². The van der Waals surface area contributed by atoms with Gasteiger partial charge in [0.15, 0.2) is 35.3 Å². The van der Waals surface area contributed by atoms with Gasteiger partial charge in [-0.2, -0.15) is 4.31 Å². The summed E-state index contributed by atoms with van der Waals surface area (Å²) in [7, 11) is 1.55. The highest BCUT2D eigenvalue weighted by atomic mass is 32.2. The molecule has 1 aliphatic rings. The van der Waals surface area contributed by atoms with E-state index in [0.717, 1.165) is 15.9 Å². The second-order valence-electron chi connectivity index (χ2n) is 5.42. The third kappa shape index (κ3) is 3.73. The third-order valence-corrected chi connectivity index (χ3v) is 4.79. The van der Waals surface area contributed by atoms with Gasteiger partial charge in [-0.05, 0) is 29.8 Å². The number of ether oxygens (including phenoxy) is 2. The maximum atomic E-state index is 14.5. The first-order valence-electron chi connectivity index (χ1n) is 7.55. The molecule has 26 heavy (non-hydrogen) atoms. The summed E-state index contributed by atoms with van der Waals surface area (Å²) in [6, 6.07) is 9.40. The molecule has 9 heteroatoms. The Hall–Kier alpha value is -2.78. The van der Waals surface area contributed by atoms with Crippen LogP contribution in [-0.2, 0) is 22.9 Å². The van der Waals surface area contributed by atoms with Gasteiger partial charge in [0.2, 0.25) is 0 Å². The zero-order valence-electron chi connectivity index (χ0n) is 13.7. The zero-order chi connectivity index (χ0) is 18.7. The normalized spacial score (nSPS) is 16.3. The van der Waals surface area contributed by atoms with Gasteiger partial charge in [-0.1, -0.05) is 12.1 Å². The molecule has 1 aliphatic heterocycles. The number of carbonyl (C=O) groups is 2. The number of methoxy groups -OCH3 is 1. The van der Waals surface area contributed by atoms with Gasteiger partial charge >= 0.3 is 0 Å². The molecule has 2 aromatic rings. The smallest absolute Gasteiger partial charge is 0.287 e. The fraction of sp³-hybridized carbons (Fsp3) is 0.176. The van der Waals surface area contributed by atoms with Gasteiger partial charge in [0.05, 0.1) is 7.11 Å². The lowest BCUT2D eigenvalue weighted by molar-refractivity contribution is -0.117. The van der Waals surface area contributed by atoms with E-state index in [9.17, 15) is 18.5 Å². The Morgan fingerprint density at radius 1 is 1.35 bits per heavy atom. The van der Waals surface area contributed by atoms with Crippen LogP contribution in [-0.4, -0.2) is 30.4 Å². The molecular formula is C17H15FN2O5S. The predicted molar refractivity (Wildman–Crippen MR) is 92.7 cm³/mol. The molecule has 0 saturated carbocycles. The minimum absolute atomic E-state index is 0.0211. The maximum absolute atomic E-state index is 14.5. The Morgan fingerprint density at radius 3 is 2.65 bits per heavy atom. The number of halogens is 1. The Bertz CT molecular complexity index is 831. The predicted octanol–water partition coefficient (Wildman–Crippen LogP) is 1.74. The number of nitrogens with zero attached hydrogens (tertiary/aromatic N) is 1. The molecule has 7 nitrogen and oxygen atoms in total. The van der Waals surface area contributed by atoms with Crippen molar-refractivity contribution in [3.05, 3.63) is 53.3 Å². The summed E-state index contributed by atoms with van der Waals surface area (Å²) < 4.78 is 40.5. The summed E-state index contributed by atoms with van der Waals surface area (Å²) in [4.78, 5) is 22.5. The highest BCUT2D eigenvalue weighted by Crippen LogP contribution is 2.35. The number of benzene rings is 2. The number of aldehydes is 1. The summed E-state index contributed by atoms with van der Waals surface area (Å²) in [6.07, 6.45) is 0.484. The van der Waals surface area contributed by atoms with E-state index < -0.39 is 23.3 Å². The molecule has 1 amide bonds.